The lowest BCUT2D eigenvalue weighted by Crippen LogP contribution is -2.45. The van der Waals surface area contributed by atoms with Crippen molar-refractivity contribution in [2.45, 2.75) is 18.9 Å². The normalized spacial score (nSPS) is 20.7. The van der Waals surface area contributed by atoms with Crippen molar-refractivity contribution in [3.63, 3.8) is 0 Å². The number of aliphatic hydroxyl groups is 1. The minimum Gasteiger partial charge on any atom is -0.386 e. The lowest BCUT2D eigenvalue weighted by molar-refractivity contribution is 0.0248. The zero-order chi connectivity index (χ0) is 16.4. The van der Waals surface area contributed by atoms with Crippen molar-refractivity contribution in [2.75, 3.05) is 31.6 Å². The molecule has 122 valence electrons. The van der Waals surface area contributed by atoms with Crippen molar-refractivity contribution in [2.24, 2.45) is 0 Å². The Morgan fingerprint density at radius 3 is 3.00 bits per heavy atom. The van der Waals surface area contributed by atoms with Gasteiger partial charge in [0.15, 0.2) is 0 Å². The van der Waals surface area contributed by atoms with Crippen molar-refractivity contribution in [1.29, 1.82) is 0 Å². The molecular weight excluding hydrogens is 296 g/mol. The molecule has 0 saturated carbocycles. The number of β-amino-alcohol motifs (C(OH)–C–C–N with tert-alkyl or cyclic N) is 1. The fourth-order valence-electron chi connectivity index (χ4n) is 2.89. The molecule has 1 aliphatic heterocycles. The standard InChI is InChI=1S/C16H20N4O3/c1-12-9-13(23-18-12)15(21)19(2)10-16(22)6-8-20(11-16)14-5-3-4-7-17-14/h3-5,7,9,22H,6,8,10-11H2,1-2H3/t16-/m1/s1. The molecule has 3 rings (SSSR count). The number of amides is 1. The molecule has 0 radical (unpaired) electrons. The van der Waals surface area contributed by atoms with Gasteiger partial charge in [-0.3, -0.25) is 4.79 Å². The summed E-state index contributed by atoms with van der Waals surface area (Å²) in [7, 11) is 1.65. The number of aryl methyl sites for hydroxylation is 1. The Morgan fingerprint density at radius 2 is 2.35 bits per heavy atom. The molecule has 1 aliphatic rings. The molecule has 1 N–H and O–H groups in total. The lowest BCUT2D eigenvalue weighted by Gasteiger charge is -2.28. The van der Waals surface area contributed by atoms with Gasteiger partial charge in [-0.25, -0.2) is 4.98 Å². The fourth-order valence-corrected chi connectivity index (χ4v) is 2.89. The molecule has 1 fully saturated rings. The Labute approximate surface area is 134 Å². The van der Waals surface area contributed by atoms with Crippen molar-refractivity contribution in [1.82, 2.24) is 15.0 Å². The highest BCUT2D eigenvalue weighted by molar-refractivity contribution is 5.91. The molecule has 1 saturated heterocycles. The van der Waals surface area contributed by atoms with E-state index in [-0.39, 0.29) is 18.2 Å². The van der Waals surface area contributed by atoms with Gasteiger partial charge in [0.05, 0.1) is 12.2 Å². The minimum atomic E-state index is -0.961. The monoisotopic (exact) mass is 316 g/mol. The van der Waals surface area contributed by atoms with E-state index >= 15 is 0 Å². The van der Waals surface area contributed by atoms with Gasteiger partial charge in [-0.1, -0.05) is 11.2 Å². The third-order valence-electron chi connectivity index (χ3n) is 4.02. The number of hydrogen-bond donors (Lipinski definition) is 1. The van der Waals surface area contributed by atoms with Crippen LogP contribution < -0.4 is 4.90 Å². The van der Waals surface area contributed by atoms with Crippen LogP contribution in [-0.4, -0.2) is 58.3 Å². The average Bonchev–Trinajstić information content (AvgIpc) is 3.14. The van der Waals surface area contributed by atoms with Crippen LogP contribution in [0.5, 0.6) is 0 Å². The first-order chi connectivity index (χ1) is 11.0. The third kappa shape index (κ3) is 3.34. The maximum Gasteiger partial charge on any atom is 0.292 e. The smallest absolute Gasteiger partial charge is 0.292 e. The molecule has 0 aliphatic carbocycles. The molecule has 0 unspecified atom stereocenters. The number of aromatic nitrogens is 2. The molecule has 0 bridgehead atoms. The van der Waals surface area contributed by atoms with E-state index in [2.05, 4.69) is 10.1 Å². The molecule has 0 aromatic carbocycles. The average molecular weight is 316 g/mol. The van der Waals surface area contributed by atoms with Crippen LogP contribution in [0, 0.1) is 6.92 Å². The van der Waals surface area contributed by atoms with Crippen LogP contribution in [0.25, 0.3) is 0 Å². The van der Waals surface area contributed by atoms with E-state index in [9.17, 15) is 9.90 Å². The van der Waals surface area contributed by atoms with E-state index in [4.69, 9.17) is 4.52 Å². The van der Waals surface area contributed by atoms with Crippen LogP contribution in [0.2, 0.25) is 0 Å². The number of carbonyl (C=O) groups is 1. The summed E-state index contributed by atoms with van der Waals surface area (Å²) in [5.41, 5.74) is -0.306. The zero-order valence-corrected chi connectivity index (χ0v) is 13.3. The van der Waals surface area contributed by atoms with E-state index < -0.39 is 5.60 Å². The fraction of sp³-hybridized carbons (Fsp3) is 0.438. The first-order valence-electron chi connectivity index (χ1n) is 7.54. The Kier molecular flexibility index (Phi) is 4.04. The van der Waals surface area contributed by atoms with Crippen LogP contribution in [0.1, 0.15) is 22.7 Å². The number of anilines is 1. The Balaban J connectivity index is 1.64. The summed E-state index contributed by atoms with van der Waals surface area (Å²) in [5.74, 6) is 0.742. The summed E-state index contributed by atoms with van der Waals surface area (Å²) in [5, 5.41) is 14.5. The van der Waals surface area contributed by atoms with Crippen molar-refractivity contribution < 1.29 is 14.4 Å². The van der Waals surface area contributed by atoms with Crippen LogP contribution in [0.4, 0.5) is 5.82 Å². The number of pyridine rings is 1. The predicted octanol–water partition coefficient (Wildman–Crippen LogP) is 1.09. The quantitative estimate of drug-likeness (QED) is 0.909. The maximum atomic E-state index is 12.3. The number of rotatable bonds is 4. The van der Waals surface area contributed by atoms with Crippen molar-refractivity contribution in [3.8, 4) is 0 Å². The van der Waals surface area contributed by atoms with E-state index in [1.54, 1.807) is 26.2 Å². The van der Waals surface area contributed by atoms with E-state index in [0.717, 1.165) is 5.82 Å². The summed E-state index contributed by atoms with van der Waals surface area (Å²) in [6.45, 7) is 3.14. The van der Waals surface area contributed by atoms with Gasteiger partial charge >= 0.3 is 0 Å². The molecule has 3 heterocycles. The largest absolute Gasteiger partial charge is 0.386 e. The second-order valence-electron chi connectivity index (χ2n) is 6.08. The summed E-state index contributed by atoms with van der Waals surface area (Å²) in [6.07, 6.45) is 2.31. The molecule has 1 atom stereocenters. The third-order valence-corrected chi connectivity index (χ3v) is 4.02. The molecule has 0 spiro atoms. The lowest BCUT2D eigenvalue weighted by atomic mass is 10.0. The maximum absolute atomic E-state index is 12.3. The predicted molar refractivity (Wildman–Crippen MR) is 84.2 cm³/mol. The number of likely N-dealkylation sites (N-methyl/N-ethyl adjacent to an activating group) is 1. The number of hydrogen-bond acceptors (Lipinski definition) is 6. The van der Waals surface area contributed by atoms with Gasteiger partial charge in [0.25, 0.3) is 5.91 Å². The molecule has 2 aromatic rings. The number of carbonyl (C=O) groups excluding carboxylic acids is 1. The van der Waals surface area contributed by atoms with E-state index in [1.165, 1.54) is 4.90 Å². The van der Waals surface area contributed by atoms with Gasteiger partial charge in [0, 0.05) is 32.4 Å². The molecular formula is C16H20N4O3. The Morgan fingerprint density at radius 1 is 1.52 bits per heavy atom. The highest BCUT2D eigenvalue weighted by Crippen LogP contribution is 2.26. The van der Waals surface area contributed by atoms with Crippen LogP contribution >= 0.6 is 0 Å². The van der Waals surface area contributed by atoms with E-state index in [1.807, 2.05) is 23.1 Å². The number of nitrogens with zero attached hydrogens (tertiary/aromatic N) is 4. The van der Waals surface area contributed by atoms with Gasteiger partial charge < -0.3 is 19.4 Å². The summed E-state index contributed by atoms with van der Waals surface area (Å²) in [6, 6.07) is 7.29. The highest BCUT2D eigenvalue weighted by atomic mass is 16.5. The zero-order valence-electron chi connectivity index (χ0n) is 13.3. The van der Waals surface area contributed by atoms with Crippen LogP contribution in [-0.2, 0) is 0 Å². The minimum absolute atomic E-state index is 0.188. The molecule has 2 aromatic heterocycles. The first kappa shape index (κ1) is 15.5. The second kappa shape index (κ2) is 6.00. The summed E-state index contributed by atoms with van der Waals surface area (Å²) in [4.78, 5) is 20.1. The molecule has 7 nitrogen and oxygen atoms in total. The highest BCUT2D eigenvalue weighted by Gasteiger charge is 2.38. The summed E-state index contributed by atoms with van der Waals surface area (Å²) < 4.78 is 4.99. The van der Waals surface area contributed by atoms with Gasteiger partial charge in [0.2, 0.25) is 5.76 Å². The van der Waals surface area contributed by atoms with Crippen molar-refractivity contribution in [3.05, 3.63) is 41.9 Å². The SMILES string of the molecule is Cc1cc(C(=O)N(C)C[C@]2(O)CCN(c3ccccn3)C2)on1. The second-order valence-corrected chi connectivity index (χ2v) is 6.08. The topological polar surface area (TPSA) is 82.7 Å². The van der Waals surface area contributed by atoms with Gasteiger partial charge in [-0.05, 0) is 25.5 Å². The first-order valence-corrected chi connectivity index (χ1v) is 7.54. The van der Waals surface area contributed by atoms with Crippen LogP contribution in [0.3, 0.4) is 0 Å². The van der Waals surface area contributed by atoms with Gasteiger partial charge in [-0.2, -0.15) is 0 Å². The van der Waals surface area contributed by atoms with Gasteiger partial charge in [0.1, 0.15) is 11.4 Å². The molecule has 7 heteroatoms. The molecule has 23 heavy (non-hydrogen) atoms. The van der Waals surface area contributed by atoms with Crippen LogP contribution in [0.15, 0.2) is 35.0 Å². The molecule has 1 amide bonds. The Bertz CT molecular complexity index is 688. The summed E-state index contributed by atoms with van der Waals surface area (Å²) >= 11 is 0. The Hall–Kier alpha value is -2.41. The van der Waals surface area contributed by atoms with Gasteiger partial charge in [-0.15, -0.1) is 0 Å². The van der Waals surface area contributed by atoms with Crippen molar-refractivity contribution >= 4 is 11.7 Å². The van der Waals surface area contributed by atoms with E-state index in [0.29, 0.717) is 25.2 Å².